The topological polar surface area (TPSA) is 38.3 Å². The molecule has 0 amide bonds. The van der Waals surface area contributed by atoms with Crippen LogP contribution in [-0.2, 0) is 16.0 Å². The molecular formula is C13H18BrNO2. The van der Waals surface area contributed by atoms with E-state index in [1.54, 1.807) is 0 Å². The van der Waals surface area contributed by atoms with Crippen molar-refractivity contribution in [1.82, 2.24) is 5.32 Å². The van der Waals surface area contributed by atoms with Crippen molar-refractivity contribution in [2.75, 3.05) is 20.2 Å². The van der Waals surface area contributed by atoms with Gasteiger partial charge in [0.1, 0.15) is 0 Å². The lowest BCUT2D eigenvalue weighted by atomic mass is 10.1. The molecule has 0 heterocycles. The number of hydrogen-bond acceptors (Lipinski definition) is 3. The third-order valence-corrected chi connectivity index (χ3v) is 3.11. The molecule has 0 fully saturated rings. The van der Waals surface area contributed by atoms with Crippen LogP contribution in [0.25, 0.3) is 0 Å². The van der Waals surface area contributed by atoms with E-state index in [0.717, 1.165) is 17.4 Å². The summed E-state index contributed by atoms with van der Waals surface area (Å²) in [6, 6.07) is 6.29. The molecule has 0 aliphatic heterocycles. The Labute approximate surface area is 111 Å². The highest BCUT2D eigenvalue weighted by Crippen LogP contribution is 2.16. The molecule has 3 nitrogen and oxygen atoms in total. The third-order valence-electron chi connectivity index (χ3n) is 2.62. The molecule has 0 aliphatic carbocycles. The van der Waals surface area contributed by atoms with Crippen molar-refractivity contribution >= 4 is 21.9 Å². The lowest BCUT2D eigenvalue weighted by Crippen LogP contribution is -2.21. The normalized spacial score (nSPS) is 10.3. The van der Waals surface area contributed by atoms with Crippen molar-refractivity contribution in [2.24, 2.45) is 0 Å². The summed E-state index contributed by atoms with van der Waals surface area (Å²) >= 11 is 3.47. The van der Waals surface area contributed by atoms with Crippen LogP contribution in [0.3, 0.4) is 0 Å². The van der Waals surface area contributed by atoms with Crippen LogP contribution in [0.2, 0.25) is 0 Å². The van der Waals surface area contributed by atoms with Gasteiger partial charge >= 0.3 is 5.97 Å². The fourth-order valence-corrected chi connectivity index (χ4v) is 1.96. The van der Waals surface area contributed by atoms with Crippen molar-refractivity contribution < 1.29 is 9.53 Å². The van der Waals surface area contributed by atoms with Crippen molar-refractivity contribution in [1.29, 1.82) is 0 Å². The average molecular weight is 300 g/mol. The van der Waals surface area contributed by atoms with Crippen LogP contribution in [0.15, 0.2) is 22.7 Å². The van der Waals surface area contributed by atoms with Crippen molar-refractivity contribution in [3.8, 4) is 0 Å². The molecule has 0 unspecified atom stereocenters. The smallest absolute Gasteiger partial charge is 0.306 e. The summed E-state index contributed by atoms with van der Waals surface area (Å²) in [5.41, 5.74) is 2.62. The predicted molar refractivity (Wildman–Crippen MR) is 72.1 cm³/mol. The highest BCUT2D eigenvalue weighted by Gasteiger charge is 2.01. The number of aryl methyl sites for hydroxylation is 1. The first-order valence-electron chi connectivity index (χ1n) is 5.66. The van der Waals surface area contributed by atoms with Gasteiger partial charge < -0.3 is 10.1 Å². The standard InChI is InChI=1S/C13H18BrNO2/c1-10-3-4-12(14)9-11(10)5-7-15-8-6-13(16)17-2/h3-4,9,15H,5-8H2,1-2H3. The summed E-state index contributed by atoms with van der Waals surface area (Å²) in [5, 5.41) is 3.23. The Morgan fingerprint density at radius 1 is 1.41 bits per heavy atom. The number of rotatable bonds is 6. The van der Waals surface area contributed by atoms with Gasteiger partial charge in [-0.1, -0.05) is 22.0 Å². The molecule has 0 aromatic heterocycles. The lowest BCUT2D eigenvalue weighted by molar-refractivity contribution is -0.140. The second-order valence-corrected chi connectivity index (χ2v) is 4.81. The largest absolute Gasteiger partial charge is 0.469 e. The number of ether oxygens (including phenoxy) is 1. The Balaban J connectivity index is 2.26. The summed E-state index contributed by atoms with van der Waals surface area (Å²) in [7, 11) is 1.41. The van der Waals surface area contributed by atoms with Gasteiger partial charge in [0.15, 0.2) is 0 Å². The monoisotopic (exact) mass is 299 g/mol. The second kappa shape index (κ2) is 7.45. The molecule has 0 bridgehead atoms. The second-order valence-electron chi connectivity index (χ2n) is 3.90. The summed E-state index contributed by atoms with van der Waals surface area (Å²) in [4.78, 5) is 10.9. The van der Waals surface area contributed by atoms with Gasteiger partial charge in [-0.2, -0.15) is 0 Å². The van der Waals surface area contributed by atoms with Crippen LogP contribution < -0.4 is 5.32 Å². The molecule has 4 heteroatoms. The van der Waals surface area contributed by atoms with Crippen LogP contribution in [-0.4, -0.2) is 26.2 Å². The number of nitrogens with one attached hydrogen (secondary N) is 1. The number of methoxy groups -OCH3 is 1. The molecule has 1 aromatic rings. The summed E-state index contributed by atoms with van der Waals surface area (Å²) in [6.45, 7) is 3.64. The number of benzene rings is 1. The Kier molecular flexibility index (Phi) is 6.22. The molecule has 0 radical (unpaired) electrons. The van der Waals surface area contributed by atoms with Crippen LogP contribution in [0.5, 0.6) is 0 Å². The van der Waals surface area contributed by atoms with Crippen LogP contribution >= 0.6 is 15.9 Å². The molecule has 94 valence electrons. The van der Waals surface area contributed by atoms with Crippen molar-refractivity contribution in [2.45, 2.75) is 19.8 Å². The number of carbonyl (C=O) groups excluding carboxylic acids is 1. The van der Waals surface area contributed by atoms with E-state index in [2.05, 4.69) is 45.0 Å². The summed E-state index contributed by atoms with van der Waals surface area (Å²) < 4.78 is 5.67. The fourth-order valence-electron chi connectivity index (χ4n) is 1.55. The highest BCUT2D eigenvalue weighted by atomic mass is 79.9. The van der Waals surface area contributed by atoms with E-state index in [9.17, 15) is 4.79 Å². The SMILES string of the molecule is COC(=O)CCNCCc1cc(Br)ccc1C. The molecule has 1 rings (SSSR count). The zero-order valence-corrected chi connectivity index (χ0v) is 11.8. The minimum atomic E-state index is -0.170. The number of carbonyl (C=O) groups is 1. The quantitative estimate of drug-likeness (QED) is 0.648. The number of halogens is 1. The van der Waals surface area contributed by atoms with Gasteiger partial charge in [-0.05, 0) is 43.1 Å². The maximum absolute atomic E-state index is 10.9. The molecule has 1 aromatic carbocycles. The molecule has 0 saturated carbocycles. The minimum Gasteiger partial charge on any atom is -0.469 e. The highest BCUT2D eigenvalue weighted by molar-refractivity contribution is 9.10. The lowest BCUT2D eigenvalue weighted by Gasteiger charge is -2.07. The molecule has 17 heavy (non-hydrogen) atoms. The van der Waals surface area contributed by atoms with Crippen LogP contribution in [0.1, 0.15) is 17.5 Å². The molecule has 1 N–H and O–H groups in total. The van der Waals surface area contributed by atoms with Gasteiger partial charge in [-0.3, -0.25) is 4.79 Å². The Hall–Kier alpha value is -0.870. The first-order chi connectivity index (χ1) is 8.13. The van der Waals surface area contributed by atoms with E-state index >= 15 is 0 Å². The minimum absolute atomic E-state index is 0.170. The third kappa shape index (κ3) is 5.33. The Morgan fingerprint density at radius 2 is 2.18 bits per heavy atom. The van der Waals surface area contributed by atoms with Gasteiger partial charge in [0, 0.05) is 11.0 Å². The summed E-state index contributed by atoms with van der Waals surface area (Å²) in [5.74, 6) is -0.170. The van der Waals surface area contributed by atoms with E-state index in [-0.39, 0.29) is 5.97 Å². The zero-order chi connectivity index (χ0) is 12.7. The molecule has 0 aliphatic rings. The van der Waals surface area contributed by atoms with E-state index in [1.807, 2.05) is 6.07 Å². The van der Waals surface area contributed by atoms with Crippen molar-refractivity contribution in [3.05, 3.63) is 33.8 Å². The van der Waals surface area contributed by atoms with Gasteiger partial charge in [0.25, 0.3) is 0 Å². The fraction of sp³-hybridized carbons (Fsp3) is 0.462. The molecular weight excluding hydrogens is 282 g/mol. The summed E-state index contributed by atoms with van der Waals surface area (Å²) in [6.07, 6.45) is 1.39. The Morgan fingerprint density at radius 3 is 2.88 bits per heavy atom. The van der Waals surface area contributed by atoms with Gasteiger partial charge in [0.2, 0.25) is 0 Å². The average Bonchev–Trinajstić information content (AvgIpc) is 2.32. The molecule has 0 saturated heterocycles. The van der Waals surface area contributed by atoms with Gasteiger partial charge in [-0.15, -0.1) is 0 Å². The maximum atomic E-state index is 10.9. The number of esters is 1. The van der Waals surface area contributed by atoms with Crippen molar-refractivity contribution in [3.63, 3.8) is 0 Å². The first kappa shape index (κ1) is 14.2. The van der Waals surface area contributed by atoms with Crippen LogP contribution in [0.4, 0.5) is 0 Å². The maximum Gasteiger partial charge on any atom is 0.306 e. The zero-order valence-electron chi connectivity index (χ0n) is 10.3. The van der Waals surface area contributed by atoms with Gasteiger partial charge in [0.05, 0.1) is 13.5 Å². The molecule has 0 spiro atoms. The molecule has 0 atom stereocenters. The number of hydrogen-bond donors (Lipinski definition) is 1. The van der Waals surface area contributed by atoms with E-state index in [1.165, 1.54) is 18.2 Å². The Bertz CT molecular complexity index is 380. The van der Waals surface area contributed by atoms with Gasteiger partial charge in [-0.25, -0.2) is 0 Å². The van der Waals surface area contributed by atoms with Crippen LogP contribution in [0, 0.1) is 6.92 Å². The van der Waals surface area contributed by atoms with E-state index in [4.69, 9.17) is 0 Å². The predicted octanol–water partition coefficient (Wildman–Crippen LogP) is 2.45. The van der Waals surface area contributed by atoms with E-state index in [0.29, 0.717) is 13.0 Å². The van der Waals surface area contributed by atoms with E-state index < -0.39 is 0 Å². The first-order valence-corrected chi connectivity index (χ1v) is 6.45.